The highest BCUT2D eigenvalue weighted by Gasteiger charge is 2.08. The van der Waals surface area contributed by atoms with Crippen LogP contribution in [-0.2, 0) is 9.53 Å². The van der Waals surface area contributed by atoms with Gasteiger partial charge in [-0.15, -0.1) is 0 Å². The highest BCUT2D eigenvalue weighted by atomic mass is 16.5. The zero-order valence-electron chi connectivity index (χ0n) is 14.5. The lowest BCUT2D eigenvalue weighted by molar-refractivity contribution is -0.137. The Morgan fingerprint density at radius 3 is 2.35 bits per heavy atom. The van der Waals surface area contributed by atoms with Gasteiger partial charge in [-0.2, -0.15) is 0 Å². The van der Waals surface area contributed by atoms with E-state index >= 15 is 0 Å². The molecule has 0 aliphatic carbocycles. The molecule has 0 atom stereocenters. The third-order valence-corrected chi connectivity index (χ3v) is 3.63. The van der Waals surface area contributed by atoms with Gasteiger partial charge < -0.3 is 14.7 Å². The van der Waals surface area contributed by atoms with E-state index in [1.165, 1.54) is 6.08 Å². The molecule has 4 nitrogen and oxygen atoms in total. The van der Waals surface area contributed by atoms with Gasteiger partial charge >= 0.3 is 5.97 Å². The second kappa shape index (κ2) is 10.7. The fraction of sp³-hybridized carbons (Fsp3) is 0.526. The number of anilines is 1. The summed E-state index contributed by atoms with van der Waals surface area (Å²) in [6.07, 6.45) is 7.48. The zero-order valence-corrected chi connectivity index (χ0v) is 14.5. The van der Waals surface area contributed by atoms with E-state index < -0.39 is 5.97 Å². The van der Waals surface area contributed by atoms with Crippen molar-refractivity contribution in [2.75, 3.05) is 24.6 Å². The maximum Gasteiger partial charge on any atom is 0.330 e. The highest BCUT2D eigenvalue weighted by Crippen LogP contribution is 2.26. The van der Waals surface area contributed by atoms with Crippen molar-refractivity contribution < 1.29 is 14.6 Å². The minimum absolute atomic E-state index is 0.182. The summed E-state index contributed by atoms with van der Waals surface area (Å²) in [4.78, 5) is 13.7. The third kappa shape index (κ3) is 6.76. The van der Waals surface area contributed by atoms with Gasteiger partial charge in [0.1, 0.15) is 5.75 Å². The van der Waals surface area contributed by atoms with Crippen molar-refractivity contribution in [1.29, 1.82) is 0 Å². The number of aromatic hydroxyl groups is 1. The van der Waals surface area contributed by atoms with Crippen molar-refractivity contribution in [2.24, 2.45) is 0 Å². The molecule has 0 amide bonds. The summed E-state index contributed by atoms with van der Waals surface area (Å²) in [5, 5.41) is 10.2. The molecule has 0 saturated carbocycles. The van der Waals surface area contributed by atoms with Crippen molar-refractivity contribution in [3.05, 3.63) is 29.8 Å². The van der Waals surface area contributed by atoms with Gasteiger partial charge in [-0.25, -0.2) is 4.79 Å². The SMILES string of the molecule is CCCCN(CCCC)c1ccc(/C=C/C(=O)OCC)c(O)c1. The highest BCUT2D eigenvalue weighted by molar-refractivity contribution is 5.87. The van der Waals surface area contributed by atoms with Crippen molar-refractivity contribution in [3.63, 3.8) is 0 Å². The molecule has 0 aliphatic rings. The van der Waals surface area contributed by atoms with Crippen molar-refractivity contribution in [2.45, 2.75) is 46.5 Å². The van der Waals surface area contributed by atoms with E-state index in [1.54, 1.807) is 19.1 Å². The smallest absolute Gasteiger partial charge is 0.330 e. The molecule has 0 spiro atoms. The molecule has 0 fully saturated rings. The molecule has 1 aromatic carbocycles. The second-order valence-corrected chi connectivity index (χ2v) is 5.52. The largest absolute Gasteiger partial charge is 0.507 e. The van der Waals surface area contributed by atoms with Gasteiger partial charge in [0.15, 0.2) is 0 Å². The van der Waals surface area contributed by atoms with Crippen molar-refractivity contribution in [1.82, 2.24) is 0 Å². The van der Waals surface area contributed by atoms with Crippen LogP contribution in [0, 0.1) is 0 Å². The molecule has 1 N–H and O–H groups in total. The second-order valence-electron chi connectivity index (χ2n) is 5.52. The van der Waals surface area contributed by atoms with Crippen LogP contribution in [0.2, 0.25) is 0 Å². The predicted octanol–water partition coefficient (Wildman–Crippen LogP) is 4.38. The fourth-order valence-corrected chi connectivity index (χ4v) is 2.29. The van der Waals surface area contributed by atoms with Crippen LogP contribution in [0.1, 0.15) is 52.0 Å². The molecule has 128 valence electrons. The van der Waals surface area contributed by atoms with E-state index in [0.29, 0.717) is 12.2 Å². The molecule has 0 bridgehead atoms. The maximum atomic E-state index is 11.3. The Labute approximate surface area is 139 Å². The van der Waals surface area contributed by atoms with Crippen molar-refractivity contribution in [3.8, 4) is 5.75 Å². The number of hydrogen-bond acceptors (Lipinski definition) is 4. The van der Waals surface area contributed by atoms with Crippen LogP contribution in [0.15, 0.2) is 24.3 Å². The third-order valence-electron chi connectivity index (χ3n) is 3.63. The van der Waals surface area contributed by atoms with Crippen LogP contribution in [-0.4, -0.2) is 30.8 Å². The Hall–Kier alpha value is -1.97. The summed E-state index contributed by atoms with van der Waals surface area (Å²) < 4.78 is 4.84. The number of unbranched alkanes of at least 4 members (excludes halogenated alkanes) is 2. The number of carbonyl (C=O) groups excluding carboxylic acids is 1. The Balaban J connectivity index is 2.84. The van der Waals surface area contributed by atoms with Gasteiger partial charge in [0.05, 0.1) is 6.61 Å². The first-order valence-electron chi connectivity index (χ1n) is 8.55. The van der Waals surface area contributed by atoms with Crippen LogP contribution in [0.4, 0.5) is 5.69 Å². The lowest BCUT2D eigenvalue weighted by Crippen LogP contribution is -2.25. The summed E-state index contributed by atoms with van der Waals surface area (Å²) >= 11 is 0. The van der Waals surface area contributed by atoms with Crippen LogP contribution in [0.25, 0.3) is 6.08 Å². The molecule has 1 rings (SSSR count). The first-order valence-corrected chi connectivity index (χ1v) is 8.55. The topological polar surface area (TPSA) is 49.8 Å². The molecule has 0 radical (unpaired) electrons. The van der Waals surface area contributed by atoms with Crippen molar-refractivity contribution >= 4 is 17.7 Å². The summed E-state index contributed by atoms with van der Waals surface area (Å²) in [6, 6.07) is 5.61. The number of nitrogens with zero attached hydrogens (tertiary/aromatic N) is 1. The number of phenols is 1. The molecule has 23 heavy (non-hydrogen) atoms. The average Bonchev–Trinajstić information content (AvgIpc) is 2.54. The van der Waals surface area contributed by atoms with E-state index in [-0.39, 0.29) is 5.75 Å². The van der Waals surface area contributed by atoms with E-state index in [4.69, 9.17) is 4.74 Å². The quantitative estimate of drug-likeness (QED) is 0.514. The van der Waals surface area contributed by atoms with E-state index in [0.717, 1.165) is 44.5 Å². The molecular formula is C19H29NO3. The van der Waals surface area contributed by atoms with Gasteiger partial charge in [0.25, 0.3) is 0 Å². The molecule has 0 aliphatic heterocycles. The average molecular weight is 319 g/mol. The number of phenolic OH excluding ortho intramolecular Hbond substituents is 1. The first-order chi connectivity index (χ1) is 11.1. The van der Waals surface area contributed by atoms with Gasteiger partial charge in [0.2, 0.25) is 0 Å². The van der Waals surface area contributed by atoms with Crippen LogP contribution in [0.5, 0.6) is 5.75 Å². The van der Waals surface area contributed by atoms with Crippen LogP contribution < -0.4 is 4.90 Å². The number of ether oxygens (including phenoxy) is 1. The van der Waals surface area contributed by atoms with E-state index in [2.05, 4.69) is 18.7 Å². The standard InChI is InChI=1S/C19H29NO3/c1-4-7-13-20(14-8-5-2)17-11-9-16(18(21)15-17)10-12-19(22)23-6-3/h9-12,15,21H,4-8,13-14H2,1-3H3/b12-10+. The molecule has 0 aromatic heterocycles. The van der Waals surface area contributed by atoms with Gasteiger partial charge in [-0.1, -0.05) is 26.7 Å². The minimum atomic E-state index is -0.400. The minimum Gasteiger partial charge on any atom is -0.507 e. The van der Waals surface area contributed by atoms with Gasteiger partial charge in [-0.05, 0) is 38.0 Å². The normalized spacial score (nSPS) is 10.9. The molecule has 0 heterocycles. The van der Waals surface area contributed by atoms with Gasteiger partial charge in [0, 0.05) is 36.5 Å². The summed E-state index contributed by atoms with van der Waals surface area (Å²) in [5.41, 5.74) is 1.64. The first kappa shape index (κ1) is 19.1. The number of carbonyl (C=O) groups is 1. The maximum absolute atomic E-state index is 11.3. The Morgan fingerprint density at radius 2 is 1.83 bits per heavy atom. The summed E-state index contributed by atoms with van der Waals surface area (Å²) in [5.74, 6) is -0.218. The summed E-state index contributed by atoms with van der Waals surface area (Å²) in [7, 11) is 0. The van der Waals surface area contributed by atoms with E-state index in [1.807, 2.05) is 12.1 Å². The van der Waals surface area contributed by atoms with Crippen LogP contribution >= 0.6 is 0 Å². The number of rotatable bonds is 10. The molecular weight excluding hydrogens is 290 g/mol. The molecule has 4 heteroatoms. The lowest BCUT2D eigenvalue weighted by Gasteiger charge is -2.25. The molecule has 0 saturated heterocycles. The lowest BCUT2D eigenvalue weighted by atomic mass is 10.1. The number of esters is 1. The number of hydrogen-bond donors (Lipinski definition) is 1. The fourth-order valence-electron chi connectivity index (χ4n) is 2.29. The Morgan fingerprint density at radius 1 is 1.17 bits per heavy atom. The van der Waals surface area contributed by atoms with Crippen LogP contribution in [0.3, 0.4) is 0 Å². The monoisotopic (exact) mass is 319 g/mol. The van der Waals surface area contributed by atoms with Gasteiger partial charge in [-0.3, -0.25) is 0 Å². The molecule has 0 unspecified atom stereocenters. The Kier molecular flexibility index (Phi) is 8.88. The molecule has 1 aromatic rings. The van der Waals surface area contributed by atoms with E-state index in [9.17, 15) is 9.90 Å². The zero-order chi connectivity index (χ0) is 17.1. The Bertz CT molecular complexity index is 503. The summed E-state index contributed by atoms with van der Waals surface area (Å²) in [6.45, 7) is 8.45. The number of benzene rings is 1. The predicted molar refractivity (Wildman–Crippen MR) is 95.8 cm³/mol.